The summed E-state index contributed by atoms with van der Waals surface area (Å²) < 4.78 is 0. The van der Waals surface area contributed by atoms with E-state index in [1.165, 1.54) is 0 Å². The van der Waals surface area contributed by atoms with Crippen LogP contribution in [0, 0.1) is 0 Å². The first-order chi connectivity index (χ1) is 3.29. The van der Waals surface area contributed by atoms with Crippen LogP contribution in [0.25, 0.3) is 0 Å². The molecule has 0 radical (unpaired) electrons. The average molecular weight is 117 g/mol. The number of hydrogen-bond donors (Lipinski definition) is 3. The molecule has 1 atom stereocenters. The van der Waals surface area contributed by atoms with E-state index in [1.54, 1.807) is 0 Å². The van der Waals surface area contributed by atoms with Crippen molar-refractivity contribution < 1.29 is 0 Å². The first kappa shape index (κ1) is 4.80. The molecule has 1 saturated heterocycles. The highest BCUT2D eigenvalue weighted by atomic mass is 32.1. The summed E-state index contributed by atoms with van der Waals surface area (Å²) in [5, 5.41) is 3.60. The van der Waals surface area contributed by atoms with E-state index in [9.17, 15) is 0 Å². The number of hydrazine groups is 1. The van der Waals surface area contributed by atoms with Gasteiger partial charge >= 0.3 is 0 Å². The Kier molecular flexibility index (Phi) is 1.12. The number of thiocarbonyl (C=S) groups is 1. The van der Waals surface area contributed by atoms with Gasteiger partial charge in [0, 0.05) is 0 Å². The summed E-state index contributed by atoms with van der Waals surface area (Å²) >= 11 is 4.71. The molecule has 0 amide bonds. The third-order valence-corrected chi connectivity index (χ3v) is 0.970. The van der Waals surface area contributed by atoms with Crippen LogP contribution in [0.4, 0.5) is 0 Å². The maximum atomic E-state index is 4.71. The van der Waals surface area contributed by atoms with Crippen molar-refractivity contribution in [3.8, 4) is 0 Å². The first-order valence-electron chi connectivity index (χ1n) is 2.11. The zero-order valence-corrected chi connectivity index (χ0v) is 4.80. The van der Waals surface area contributed by atoms with Gasteiger partial charge < -0.3 is 5.32 Å². The van der Waals surface area contributed by atoms with Crippen molar-refractivity contribution >= 4 is 17.3 Å². The standard InChI is InChI=1S/C3H7N3S/c1-2-4-3(7)6-5-2/h2,5H,1H3,(H2,4,6,7)/t2-/m1/s1. The molecule has 0 bridgehead atoms. The van der Waals surface area contributed by atoms with Gasteiger partial charge in [-0.2, -0.15) is 0 Å². The summed E-state index contributed by atoms with van der Waals surface area (Å²) in [7, 11) is 0. The van der Waals surface area contributed by atoms with Crippen LogP contribution in [-0.4, -0.2) is 11.3 Å². The molecule has 1 fully saturated rings. The summed E-state index contributed by atoms with van der Waals surface area (Å²) in [6.07, 6.45) is 0.271. The SMILES string of the molecule is C[C@H]1NNC(=S)N1. The molecule has 0 aromatic rings. The fourth-order valence-corrected chi connectivity index (χ4v) is 0.678. The summed E-state index contributed by atoms with van der Waals surface area (Å²) in [6.45, 7) is 1.98. The maximum Gasteiger partial charge on any atom is 0.182 e. The molecule has 1 aliphatic rings. The molecule has 0 aromatic heterocycles. The van der Waals surface area contributed by atoms with Crippen molar-refractivity contribution in [3.05, 3.63) is 0 Å². The van der Waals surface area contributed by atoms with Gasteiger partial charge in [-0.05, 0) is 19.1 Å². The van der Waals surface area contributed by atoms with Crippen LogP contribution in [0.2, 0.25) is 0 Å². The Morgan fingerprint density at radius 1 is 1.71 bits per heavy atom. The van der Waals surface area contributed by atoms with E-state index in [2.05, 4.69) is 16.2 Å². The van der Waals surface area contributed by atoms with Crippen LogP contribution >= 0.6 is 12.2 Å². The largest absolute Gasteiger partial charge is 0.345 e. The van der Waals surface area contributed by atoms with Gasteiger partial charge in [0.15, 0.2) is 5.11 Å². The Morgan fingerprint density at radius 2 is 2.43 bits per heavy atom. The van der Waals surface area contributed by atoms with Gasteiger partial charge in [-0.15, -0.1) is 0 Å². The zero-order valence-electron chi connectivity index (χ0n) is 3.99. The maximum absolute atomic E-state index is 4.71. The summed E-state index contributed by atoms with van der Waals surface area (Å²) in [5.41, 5.74) is 5.61. The minimum absolute atomic E-state index is 0.271. The average Bonchev–Trinajstić information content (AvgIpc) is 1.87. The van der Waals surface area contributed by atoms with Crippen molar-refractivity contribution in [2.45, 2.75) is 13.1 Å². The topological polar surface area (TPSA) is 36.1 Å². The Bertz CT molecular complexity index is 92.2. The zero-order chi connectivity index (χ0) is 5.28. The molecule has 40 valence electrons. The molecule has 0 saturated carbocycles. The van der Waals surface area contributed by atoms with Crippen LogP contribution in [0.15, 0.2) is 0 Å². The van der Waals surface area contributed by atoms with Crippen molar-refractivity contribution in [2.24, 2.45) is 0 Å². The predicted octanol–water partition coefficient (Wildman–Crippen LogP) is -0.685. The highest BCUT2D eigenvalue weighted by Crippen LogP contribution is 1.78. The fourth-order valence-electron chi connectivity index (χ4n) is 0.443. The monoisotopic (exact) mass is 117 g/mol. The number of rotatable bonds is 0. The van der Waals surface area contributed by atoms with E-state index in [0.717, 1.165) is 0 Å². The van der Waals surface area contributed by atoms with Crippen molar-refractivity contribution in [1.29, 1.82) is 0 Å². The summed E-state index contributed by atoms with van der Waals surface area (Å²) in [6, 6.07) is 0. The lowest BCUT2D eigenvalue weighted by molar-refractivity contribution is 0.570. The minimum atomic E-state index is 0.271. The van der Waals surface area contributed by atoms with Crippen LogP contribution in [0.5, 0.6) is 0 Å². The molecule has 1 aliphatic heterocycles. The van der Waals surface area contributed by atoms with Gasteiger partial charge in [-0.1, -0.05) is 0 Å². The lowest BCUT2D eigenvalue weighted by atomic mass is 10.6. The highest BCUT2D eigenvalue weighted by Gasteiger charge is 2.08. The van der Waals surface area contributed by atoms with Crippen molar-refractivity contribution in [2.75, 3.05) is 0 Å². The van der Waals surface area contributed by atoms with Crippen LogP contribution in [-0.2, 0) is 0 Å². The first-order valence-corrected chi connectivity index (χ1v) is 2.52. The van der Waals surface area contributed by atoms with Gasteiger partial charge in [0.05, 0.1) is 6.17 Å². The fraction of sp³-hybridized carbons (Fsp3) is 0.667. The summed E-state index contributed by atoms with van der Waals surface area (Å²) in [5.74, 6) is 0. The van der Waals surface area contributed by atoms with Gasteiger partial charge in [0.2, 0.25) is 0 Å². The third kappa shape index (κ3) is 1.01. The molecule has 3 nitrogen and oxygen atoms in total. The quantitative estimate of drug-likeness (QED) is 0.367. The molecule has 0 unspecified atom stereocenters. The van der Waals surface area contributed by atoms with E-state index in [-0.39, 0.29) is 6.17 Å². The van der Waals surface area contributed by atoms with Gasteiger partial charge in [0.1, 0.15) is 0 Å². The molecule has 3 N–H and O–H groups in total. The lowest BCUT2D eigenvalue weighted by Crippen LogP contribution is -2.30. The van der Waals surface area contributed by atoms with Crippen molar-refractivity contribution in [3.63, 3.8) is 0 Å². The van der Waals surface area contributed by atoms with E-state index >= 15 is 0 Å². The predicted molar refractivity (Wildman–Crippen MR) is 31.5 cm³/mol. The van der Waals surface area contributed by atoms with E-state index < -0.39 is 0 Å². The second kappa shape index (κ2) is 1.63. The smallest absolute Gasteiger partial charge is 0.182 e. The molecular formula is C3H7N3S. The molecule has 0 spiro atoms. The molecule has 0 aromatic carbocycles. The van der Waals surface area contributed by atoms with Gasteiger partial charge in [-0.25, -0.2) is 5.43 Å². The molecule has 1 heterocycles. The van der Waals surface area contributed by atoms with E-state index in [0.29, 0.717) is 5.11 Å². The van der Waals surface area contributed by atoms with E-state index in [4.69, 9.17) is 12.2 Å². The third-order valence-electron chi connectivity index (χ3n) is 0.750. The molecule has 1 rings (SSSR count). The van der Waals surface area contributed by atoms with Crippen LogP contribution < -0.4 is 16.2 Å². The Balaban J connectivity index is 2.40. The van der Waals surface area contributed by atoms with Gasteiger partial charge in [0.25, 0.3) is 0 Å². The van der Waals surface area contributed by atoms with Crippen molar-refractivity contribution in [1.82, 2.24) is 16.2 Å². The number of hydrogen-bond acceptors (Lipinski definition) is 2. The molecule has 0 aliphatic carbocycles. The van der Waals surface area contributed by atoms with Gasteiger partial charge in [-0.3, -0.25) is 5.43 Å². The second-order valence-corrected chi connectivity index (χ2v) is 1.87. The molecule has 4 heteroatoms. The number of nitrogens with one attached hydrogen (secondary N) is 3. The minimum Gasteiger partial charge on any atom is -0.345 e. The summed E-state index contributed by atoms with van der Waals surface area (Å²) in [4.78, 5) is 0. The van der Waals surface area contributed by atoms with Crippen LogP contribution in [0.1, 0.15) is 6.92 Å². The Morgan fingerprint density at radius 3 is 2.57 bits per heavy atom. The second-order valence-electron chi connectivity index (χ2n) is 1.46. The highest BCUT2D eigenvalue weighted by molar-refractivity contribution is 7.80. The Hall–Kier alpha value is -0.350. The Labute approximate surface area is 47.4 Å². The van der Waals surface area contributed by atoms with Crippen LogP contribution in [0.3, 0.4) is 0 Å². The normalized spacial score (nSPS) is 29.3. The molecular weight excluding hydrogens is 110 g/mol. The van der Waals surface area contributed by atoms with E-state index in [1.807, 2.05) is 6.92 Å². The molecule has 7 heavy (non-hydrogen) atoms. The lowest BCUT2D eigenvalue weighted by Gasteiger charge is -1.95.